The van der Waals surface area contributed by atoms with Crippen LogP contribution in [-0.2, 0) is 9.53 Å². The van der Waals surface area contributed by atoms with Gasteiger partial charge in [0.15, 0.2) is 0 Å². The predicted octanol–water partition coefficient (Wildman–Crippen LogP) is 1.09. The van der Waals surface area contributed by atoms with E-state index >= 15 is 0 Å². The van der Waals surface area contributed by atoms with Gasteiger partial charge in [-0.3, -0.25) is 4.79 Å². The number of carbonyl (C=O) groups excluding carboxylic acids is 1. The number of likely N-dealkylation sites (N-methyl/N-ethyl adjacent to an activating group) is 1. The van der Waals surface area contributed by atoms with Gasteiger partial charge in [0.1, 0.15) is 6.10 Å². The van der Waals surface area contributed by atoms with Gasteiger partial charge in [-0.05, 0) is 25.8 Å². The van der Waals surface area contributed by atoms with E-state index in [0.717, 1.165) is 32.4 Å². The molecule has 1 aliphatic heterocycles. The third-order valence-electron chi connectivity index (χ3n) is 2.71. The van der Waals surface area contributed by atoms with Crippen LogP contribution in [0, 0.1) is 0 Å². The Kier molecular flexibility index (Phi) is 8.61. The number of hydrogen-bond acceptors (Lipinski definition) is 3. The lowest BCUT2D eigenvalue weighted by molar-refractivity contribution is -0.132. The lowest BCUT2D eigenvalue weighted by atomic mass is 10.1. The molecule has 0 spiro atoms. The molecule has 1 saturated heterocycles. The first-order chi connectivity index (χ1) is 7.27. The average Bonchev–Trinajstić information content (AvgIpc) is 2.72. The van der Waals surface area contributed by atoms with Gasteiger partial charge in [0.2, 0.25) is 5.91 Å². The molecular weight excluding hydrogens is 228 g/mol. The highest BCUT2D eigenvalue weighted by molar-refractivity contribution is 5.85. The van der Waals surface area contributed by atoms with Crippen molar-refractivity contribution < 1.29 is 9.53 Å². The summed E-state index contributed by atoms with van der Waals surface area (Å²) in [6.07, 6.45) is 2.96. The smallest absolute Gasteiger partial charge is 0.249 e. The van der Waals surface area contributed by atoms with Crippen LogP contribution in [0.3, 0.4) is 0 Å². The molecule has 1 aliphatic rings. The van der Waals surface area contributed by atoms with Crippen LogP contribution in [0.25, 0.3) is 0 Å². The normalized spacial score (nSPS) is 23.9. The summed E-state index contributed by atoms with van der Waals surface area (Å²) in [6, 6.07) is 0. The van der Waals surface area contributed by atoms with Gasteiger partial charge in [0.25, 0.3) is 0 Å². The van der Waals surface area contributed by atoms with Crippen LogP contribution in [0.4, 0.5) is 0 Å². The van der Waals surface area contributed by atoms with Crippen LogP contribution in [0.2, 0.25) is 0 Å². The molecule has 1 rings (SSSR count). The van der Waals surface area contributed by atoms with Crippen molar-refractivity contribution in [1.82, 2.24) is 10.6 Å². The Morgan fingerprint density at radius 2 is 2.06 bits per heavy atom. The first kappa shape index (κ1) is 15.7. The quantitative estimate of drug-likeness (QED) is 0.694. The molecule has 2 N–H and O–H groups in total. The summed E-state index contributed by atoms with van der Waals surface area (Å²) in [5, 5.41) is 6.04. The Balaban J connectivity index is 0.00000225. The molecule has 0 radical (unpaired) electrons. The molecule has 2 atom stereocenters. The Bertz CT molecular complexity index is 202. The Morgan fingerprint density at radius 1 is 1.31 bits per heavy atom. The number of rotatable bonds is 6. The lowest BCUT2D eigenvalue weighted by Gasteiger charge is -2.12. The number of ether oxygens (including phenoxy) is 1. The van der Waals surface area contributed by atoms with Crippen molar-refractivity contribution in [3.05, 3.63) is 0 Å². The molecule has 1 amide bonds. The van der Waals surface area contributed by atoms with E-state index in [9.17, 15) is 4.79 Å². The molecule has 0 bridgehead atoms. The SMILES string of the molecule is CCNCCNC(=O)C1CCC(CC)O1.Cl. The molecule has 1 fully saturated rings. The number of nitrogens with one attached hydrogen (secondary N) is 2. The first-order valence-electron chi connectivity index (χ1n) is 5.91. The summed E-state index contributed by atoms with van der Waals surface area (Å²) >= 11 is 0. The minimum Gasteiger partial charge on any atom is -0.365 e. The van der Waals surface area contributed by atoms with E-state index in [4.69, 9.17) is 4.74 Å². The summed E-state index contributed by atoms with van der Waals surface area (Å²) in [7, 11) is 0. The van der Waals surface area contributed by atoms with E-state index in [2.05, 4.69) is 17.6 Å². The van der Waals surface area contributed by atoms with Crippen molar-refractivity contribution in [3.8, 4) is 0 Å². The maximum atomic E-state index is 11.6. The molecule has 1 heterocycles. The molecule has 4 nitrogen and oxygen atoms in total. The van der Waals surface area contributed by atoms with Gasteiger partial charge in [0, 0.05) is 13.1 Å². The van der Waals surface area contributed by atoms with Crippen LogP contribution in [-0.4, -0.2) is 37.7 Å². The third-order valence-corrected chi connectivity index (χ3v) is 2.71. The molecule has 0 saturated carbocycles. The second-order valence-electron chi connectivity index (χ2n) is 3.88. The average molecular weight is 251 g/mol. The maximum Gasteiger partial charge on any atom is 0.249 e. The van der Waals surface area contributed by atoms with Gasteiger partial charge in [-0.1, -0.05) is 13.8 Å². The Morgan fingerprint density at radius 3 is 2.62 bits per heavy atom. The summed E-state index contributed by atoms with van der Waals surface area (Å²) < 4.78 is 5.60. The highest BCUT2D eigenvalue weighted by Gasteiger charge is 2.29. The van der Waals surface area contributed by atoms with Crippen molar-refractivity contribution >= 4 is 18.3 Å². The molecule has 2 unspecified atom stereocenters. The van der Waals surface area contributed by atoms with E-state index in [-0.39, 0.29) is 30.5 Å². The predicted molar refractivity (Wildman–Crippen MR) is 67.0 cm³/mol. The van der Waals surface area contributed by atoms with Crippen LogP contribution in [0.5, 0.6) is 0 Å². The van der Waals surface area contributed by atoms with Gasteiger partial charge < -0.3 is 15.4 Å². The van der Waals surface area contributed by atoms with Gasteiger partial charge in [-0.2, -0.15) is 0 Å². The van der Waals surface area contributed by atoms with Gasteiger partial charge in [-0.25, -0.2) is 0 Å². The van der Waals surface area contributed by atoms with Gasteiger partial charge in [0.05, 0.1) is 6.10 Å². The van der Waals surface area contributed by atoms with E-state index in [1.807, 2.05) is 6.92 Å². The monoisotopic (exact) mass is 250 g/mol. The highest BCUT2D eigenvalue weighted by atomic mass is 35.5. The van der Waals surface area contributed by atoms with Crippen LogP contribution in [0.15, 0.2) is 0 Å². The van der Waals surface area contributed by atoms with Crippen molar-refractivity contribution in [2.75, 3.05) is 19.6 Å². The van der Waals surface area contributed by atoms with Crippen molar-refractivity contribution in [2.45, 2.75) is 45.3 Å². The second-order valence-corrected chi connectivity index (χ2v) is 3.88. The fourth-order valence-corrected chi connectivity index (χ4v) is 1.76. The largest absolute Gasteiger partial charge is 0.365 e. The zero-order valence-electron chi connectivity index (χ0n) is 10.1. The minimum absolute atomic E-state index is 0. The topological polar surface area (TPSA) is 50.4 Å². The third kappa shape index (κ3) is 5.14. The zero-order chi connectivity index (χ0) is 11.1. The van der Waals surface area contributed by atoms with E-state index < -0.39 is 0 Å². The summed E-state index contributed by atoms with van der Waals surface area (Å²) in [4.78, 5) is 11.6. The van der Waals surface area contributed by atoms with Crippen molar-refractivity contribution in [2.24, 2.45) is 0 Å². The summed E-state index contributed by atoms with van der Waals surface area (Å²) in [6.45, 7) is 6.59. The second kappa shape index (κ2) is 8.79. The number of hydrogen-bond donors (Lipinski definition) is 2. The number of carbonyl (C=O) groups is 1. The van der Waals surface area contributed by atoms with E-state index in [1.165, 1.54) is 0 Å². The maximum absolute atomic E-state index is 11.6. The van der Waals surface area contributed by atoms with Gasteiger partial charge >= 0.3 is 0 Å². The molecule has 0 aromatic carbocycles. The van der Waals surface area contributed by atoms with Gasteiger partial charge in [-0.15, -0.1) is 12.4 Å². The fraction of sp³-hybridized carbons (Fsp3) is 0.909. The molecule has 0 aromatic rings. The first-order valence-corrected chi connectivity index (χ1v) is 5.91. The number of amides is 1. The van der Waals surface area contributed by atoms with Crippen molar-refractivity contribution in [3.63, 3.8) is 0 Å². The Labute approximate surface area is 104 Å². The van der Waals surface area contributed by atoms with Crippen molar-refractivity contribution in [1.29, 1.82) is 0 Å². The fourth-order valence-electron chi connectivity index (χ4n) is 1.76. The van der Waals surface area contributed by atoms with E-state index in [0.29, 0.717) is 6.54 Å². The minimum atomic E-state index is -0.212. The Hall–Kier alpha value is -0.320. The highest BCUT2D eigenvalue weighted by Crippen LogP contribution is 2.21. The molecular formula is C11H23ClN2O2. The lowest BCUT2D eigenvalue weighted by Crippen LogP contribution is -2.38. The molecule has 16 heavy (non-hydrogen) atoms. The summed E-state index contributed by atoms with van der Waals surface area (Å²) in [5.41, 5.74) is 0. The molecule has 0 aliphatic carbocycles. The van der Waals surface area contributed by atoms with Crippen LogP contribution >= 0.6 is 12.4 Å². The standard InChI is InChI=1S/C11H22N2O2.ClH/c1-3-9-5-6-10(15-9)11(14)13-8-7-12-4-2;/h9-10,12H,3-8H2,1-2H3,(H,13,14);1H. The summed E-state index contributed by atoms with van der Waals surface area (Å²) in [5.74, 6) is 0.0452. The van der Waals surface area contributed by atoms with E-state index in [1.54, 1.807) is 0 Å². The molecule has 96 valence electrons. The molecule has 5 heteroatoms. The number of halogens is 1. The molecule has 0 aromatic heterocycles. The zero-order valence-corrected chi connectivity index (χ0v) is 10.9. The van der Waals surface area contributed by atoms with Crippen LogP contribution < -0.4 is 10.6 Å². The van der Waals surface area contributed by atoms with Crippen LogP contribution in [0.1, 0.15) is 33.1 Å².